The van der Waals surface area contributed by atoms with Gasteiger partial charge in [0.25, 0.3) is 0 Å². The van der Waals surface area contributed by atoms with Gasteiger partial charge in [0.15, 0.2) is 0 Å². The molecule has 1 aliphatic rings. The Bertz CT molecular complexity index is 1160. The van der Waals surface area contributed by atoms with Crippen LogP contribution in [0.5, 0.6) is 0 Å². The maximum Gasteiger partial charge on any atom is 0.244 e. The number of carbonyl (C=O) groups excluding carboxylic acids is 2. The molecule has 0 heterocycles. The van der Waals surface area contributed by atoms with Crippen LogP contribution in [-0.2, 0) is 26.2 Å². The van der Waals surface area contributed by atoms with Gasteiger partial charge in [0.05, 0.1) is 11.9 Å². The molecule has 0 bridgehead atoms. The van der Waals surface area contributed by atoms with Crippen molar-refractivity contribution in [3.63, 3.8) is 0 Å². The Kier molecular flexibility index (Phi) is 10.0. The summed E-state index contributed by atoms with van der Waals surface area (Å²) in [7, 11) is -3.77. The van der Waals surface area contributed by atoms with E-state index in [0.29, 0.717) is 27.7 Å². The molecule has 2 amide bonds. The number of hydrogen-bond donors (Lipinski definition) is 1. The predicted molar refractivity (Wildman–Crippen MR) is 145 cm³/mol. The van der Waals surface area contributed by atoms with E-state index in [1.54, 1.807) is 48.5 Å². The molecule has 3 rings (SSSR count). The monoisotopic (exact) mass is 553 g/mol. The van der Waals surface area contributed by atoms with Gasteiger partial charge >= 0.3 is 0 Å². The summed E-state index contributed by atoms with van der Waals surface area (Å²) in [5, 5.41) is 3.93. The number of para-hydroxylation sites is 1. The summed E-state index contributed by atoms with van der Waals surface area (Å²) < 4.78 is 26.3. The zero-order chi connectivity index (χ0) is 26.3. The molecule has 0 aliphatic heterocycles. The first-order chi connectivity index (χ1) is 17.1. The molecular weight excluding hydrogens is 521 g/mol. The van der Waals surface area contributed by atoms with Gasteiger partial charge in [0, 0.05) is 22.6 Å². The molecule has 1 atom stereocenters. The van der Waals surface area contributed by atoms with Crippen molar-refractivity contribution in [3.8, 4) is 0 Å². The van der Waals surface area contributed by atoms with E-state index in [2.05, 4.69) is 5.32 Å². The minimum absolute atomic E-state index is 0.0395. The van der Waals surface area contributed by atoms with Crippen molar-refractivity contribution >= 4 is 50.7 Å². The highest BCUT2D eigenvalue weighted by Crippen LogP contribution is 2.25. The van der Waals surface area contributed by atoms with Gasteiger partial charge in [-0.1, -0.05) is 73.7 Å². The second-order valence-electron chi connectivity index (χ2n) is 9.13. The molecule has 0 aromatic heterocycles. The topological polar surface area (TPSA) is 86.8 Å². The number of amides is 2. The average Bonchev–Trinajstić information content (AvgIpc) is 2.84. The first-order valence-electron chi connectivity index (χ1n) is 12.2. The van der Waals surface area contributed by atoms with Gasteiger partial charge in [0.2, 0.25) is 21.8 Å². The van der Waals surface area contributed by atoms with Crippen molar-refractivity contribution < 1.29 is 18.0 Å². The first-order valence-corrected chi connectivity index (χ1v) is 14.8. The van der Waals surface area contributed by atoms with E-state index in [1.807, 2.05) is 6.92 Å². The molecular formula is C26H33Cl2N3O4S. The lowest BCUT2D eigenvalue weighted by atomic mass is 9.95. The number of sulfonamides is 1. The number of carbonyl (C=O) groups is 2. The minimum Gasteiger partial charge on any atom is -0.352 e. The molecule has 0 spiro atoms. The van der Waals surface area contributed by atoms with Gasteiger partial charge in [0.1, 0.15) is 12.6 Å². The Morgan fingerprint density at radius 1 is 1.06 bits per heavy atom. The molecule has 0 radical (unpaired) electrons. The molecule has 10 heteroatoms. The van der Waals surface area contributed by atoms with Crippen LogP contribution in [0.25, 0.3) is 0 Å². The predicted octanol–water partition coefficient (Wildman–Crippen LogP) is 5.02. The highest BCUT2D eigenvalue weighted by molar-refractivity contribution is 7.92. The van der Waals surface area contributed by atoms with Gasteiger partial charge in [-0.25, -0.2) is 8.42 Å². The van der Waals surface area contributed by atoms with E-state index < -0.39 is 28.5 Å². The largest absolute Gasteiger partial charge is 0.352 e. The average molecular weight is 555 g/mol. The van der Waals surface area contributed by atoms with Crippen LogP contribution in [0, 0.1) is 0 Å². The summed E-state index contributed by atoms with van der Waals surface area (Å²) in [5.41, 5.74) is 0.987. The van der Waals surface area contributed by atoms with Gasteiger partial charge < -0.3 is 10.2 Å². The van der Waals surface area contributed by atoms with Crippen molar-refractivity contribution in [2.75, 3.05) is 17.1 Å². The lowest BCUT2D eigenvalue weighted by molar-refractivity contribution is -0.140. The molecule has 1 N–H and O–H groups in total. The maximum atomic E-state index is 13.7. The number of benzene rings is 2. The van der Waals surface area contributed by atoms with E-state index in [1.165, 1.54) is 4.90 Å². The van der Waals surface area contributed by atoms with E-state index >= 15 is 0 Å². The van der Waals surface area contributed by atoms with E-state index in [9.17, 15) is 18.0 Å². The molecule has 1 fully saturated rings. The Balaban J connectivity index is 1.92. The third-order valence-electron chi connectivity index (χ3n) is 6.42. The Labute approximate surface area is 223 Å². The third kappa shape index (κ3) is 7.60. The van der Waals surface area contributed by atoms with Crippen LogP contribution < -0.4 is 9.62 Å². The minimum atomic E-state index is -3.77. The van der Waals surface area contributed by atoms with Gasteiger partial charge in [-0.3, -0.25) is 13.9 Å². The summed E-state index contributed by atoms with van der Waals surface area (Å²) in [6.07, 6.45) is 6.52. The lowest BCUT2D eigenvalue weighted by Gasteiger charge is -2.34. The van der Waals surface area contributed by atoms with Gasteiger partial charge in [-0.2, -0.15) is 0 Å². The van der Waals surface area contributed by atoms with Crippen molar-refractivity contribution in [3.05, 3.63) is 64.1 Å². The Hall–Kier alpha value is -2.29. The van der Waals surface area contributed by atoms with Crippen LogP contribution in [0.4, 0.5) is 5.69 Å². The Morgan fingerprint density at radius 3 is 2.31 bits per heavy atom. The van der Waals surface area contributed by atoms with Crippen LogP contribution in [0.1, 0.15) is 51.0 Å². The normalized spacial score (nSPS) is 15.2. The third-order valence-corrected chi connectivity index (χ3v) is 8.14. The molecule has 1 aliphatic carbocycles. The molecule has 1 saturated carbocycles. The van der Waals surface area contributed by atoms with Gasteiger partial charge in [-0.15, -0.1) is 0 Å². The summed E-state index contributed by atoms with van der Waals surface area (Å²) in [5.74, 6) is -0.741. The fourth-order valence-corrected chi connectivity index (χ4v) is 5.82. The summed E-state index contributed by atoms with van der Waals surface area (Å²) >= 11 is 12.5. The van der Waals surface area contributed by atoms with Crippen molar-refractivity contribution in [1.82, 2.24) is 10.2 Å². The van der Waals surface area contributed by atoms with E-state index in [-0.39, 0.29) is 18.5 Å². The molecule has 196 valence electrons. The fourth-order valence-electron chi connectivity index (χ4n) is 4.51. The highest BCUT2D eigenvalue weighted by atomic mass is 35.5. The van der Waals surface area contributed by atoms with Crippen LogP contribution in [-0.4, -0.2) is 50.0 Å². The second kappa shape index (κ2) is 12.8. The Morgan fingerprint density at radius 2 is 1.72 bits per heavy atom. The summed E-state index contributed by atoms with van der Waals surface area (Å²) in [4.78, 5) is 28.5. The number of rotatable bonds is 10. The smallest absolute Gasteiger partial charge is 0.244 e. The van der Waals surface area contributed by atoms with Crippen LogP contribution in [0.3, 0.4) is 0 Å². The standard InChI is InChI=1S/C26H33Cl2N3O4S/c1-3-24(26(33)29-21-10-6-4-7-11-21)30(17-19-14-15-20(27)16-23(19)28)25(32)18-31(36(2,34)35)22-12-8-5-9-13-22/h5,8-9,12-16,21,24H,3-4,6-7,10-11,17-18H2,1-2H3,(H,29,33)/t24-/m0/s1. The van der Waals surface area contributed by atoms with Crippen LogP contribution in [0.15, 0.2) is 48.5 Å². The van der Waals surface area contributed by atoms with Crippen LogP contribution >= 0.6 is 23.2 Å². The number of halogens is 2. The van der Waals surface area contributed by atoms with Crippen LogP contribution in [0.2, 0.25) is 10.0 Å². The summed E-state index contributed by atoms with van der Waals surface area (Å²) in [6.45, 7) is 1.43. The van der Waals surface area contributed by atoms with E-state index in [4.69, 9.17) is 23.2 Å². The number of anilines is 1. The van der Waals surface area contributed by atoms with Crippen molar-refractivity contribution in [2.24, 2.45) is 0 Å². The molecule has 7 nitrogen and oxygen atoms in total. The number of nitrogens with one attached hydrogen (secondary N) is 1. The summed E-state index contributed by atoms with van der Waals surface area (Å²) in [6, 6.07) is 12.7. The molecule has 36 heavy (non-hydrogen) atoms. The molecule has 0 unspecified atom stereocenters. The number of nitrogens with zero attached hydrogens (tertiary/aromatic N) is 2. The lowest BCUT2D eigenvalue weighted by Crippen LogP contribution is -2.54. The molecule has 0 saturated heterocycles. The van der Waals surface area contributed by atoms with Crippen molar-refractivity contribution in [2.45, 2.75) is 64.1 Å². The second-order valence-corrected chi connectivity index (χ2v) is 11.9. The van der Waals surface area contributed by atoms with Crippen molar-refractivity contribution in [1.29, 1.82) is 0 Å². The fraction of sp³-hybridized carbons (Fsp3) is 0.462. The SMILES string of the molecule is CC[C@@H](C(=O)NC1CCCCC1)N(Cc1ccc(Cl)cc1Cl)C(=O)CN(c1ccccc1)S(C)(=O)=O. The highest BCUT2D eigenvalue weighted by Gasteiger charge is 2.33. The first kappa shape index (κ1) is 28.3. The zero-order valence-electron chi connectivity index (χ0n) is 20.6. The zero-order valence-corrected chi connectivity index (χ0v) is 23.0. The van der Waals surface area contributed by atoms with Gasteiger partial charge in [-0.05, 0) is 49.1 Å². The number of hydrogen-bond acceptors (Lipinski definition) is 4. The molecule has 2 aromatic carbocycles. The van der Waals surface area contributed by atoms with E-state index in [0.717, 1.165) is 42.7 Å². The molecule has 2 aromatic rings. The maximum absolute atomic E-state index is 13.7. The quantitative estimate of drug-likeness (QED) is 0.447.